The Bertz CT molecular complexity index is 958. The summed E-state index contributed by atoms with van der Waals surface area (Å²) in [7, 11) is 0. The summed E-state index contributed by atoms with van der Waals surface area (Å²) >= 11 is 5.96. The maximum Gasteiger partial charge on any atom is 0.253 e. The molecule has 2 N–H and O–H groups in total. The number of carbonyl (C=O) groups excluding carboxylic acids is 2. The lowest BCUT2D eigenvalue weighted by atomic mass is 10.1. The summed E-state index contributed by atoms with van der Waals surface area (Å²) in [5.74, 6) is -0.415. The van der Waals surface area contributed by atoms with Crippen molar-refractivity contribution >= 4 is 29.1 Å². The third-order valence-corrected chi connectivity index (χ3v) is 4.48. The first-order chi connectivity index (χ1) is 13.6. The zero-order valence-corrected chi connectivity index (χ0v) is 16.1. The molecular formula is C23H21ClN2O2. The lowest BCUT2D eigenvalue weighted by Gasteiger charge is -2.12. The molecule has 0 spiro atoms. The number of carbonyl (C=O) groups is 2. The number of hydrogen-bond donors (Lipinski definition) is 2. The normalized spacial score (nSPS) is 10.3. The molecule has 0 saturated carbocycles. The second-order valence-corrected chi connectivity index (χ2v) is 6.83. The van der Waals surface area contributed by atoms with Crippen LogP contribution >= 0.6 is 11.6 Å². The van der Waals surface area contributed by atoms with E-state index in [0.717, 1.165) is 17.5 Å². The molecule has 3 aromatic rings. The molecule has 0 atom stereocenters. The van der Waals surface area contributed by atoms with Crippen molar-refractivity contribution in [3.05, 3.63) is 101 Å². The van der Waals surface area contributed by atoms with Crippen LogP contribution in [0.5, 0.6) is 0 Å². The first-order valence-electron chi connectivity index (χ1n) is 9.07. The molecule has 0 fully saturated rings. The third-order valence-electron chi connectivity index (χ3n) is 4.24. The summed E-state index contributed by atoms with van der Waals surface area (Å²) < 4.78 is 0. The summed E-state index contributed by atoms with van der Waals surface area (Å²) in [6, 6.07) is 24.1. The molecule has 0 heterocycles. The molecule has 0 saturated heterocycles. The number of nitrogens with one attached hydrogen (secondary N) is 2. The zero-order valence-electron chi connectivity index (χ0n) is 15.3. The minimum absolute atomic E-state index is 0.185. The Morgan fingerprint density at radius 1 is 0.821 bits per heavy atom. The molecule has 4 nitrogen and oxygen atoms in total. The molecule has 142 valence electrons. The highest BCUT2D eigenvalue weighted by Crippen LogP contribution is 2.16. The Labute approximate surface area is 169 Å². The molecular weight excluding hydrogens is 372 g/mol. The Morgan fingerprint density at radius 2 is 1.54 bits per heavy atom. The van der Waals surface area contributed by atoms with Gasteiger partial charge in [-0.05, 0) is 41.8 Å². The Hall–Kier alpha value is -3.11. The first-order valence-corrected chi connectivity index (χ1v) is 9.45. The molecule has 0 aliphatic heterocycles. The van der Waals surface area contributed by atoms with Crippen molar-refractivity contribution in [3.63, 3.8) is 0 Å². The van der Waals surface area contributed by atoms with Gasteiger partial charge in [-0.25, -0.2) is 0 Å². The van der Waals surface area contributed by atoms with Crippen molar-refractivity contribution in [3.8, 4) is 0 Å². The number of benzene rings is 3. The molecule has 28 heavy (non-hydrogen) atoms. The fourth-order valence-corrected chi connectivity index (χ4v) is 3.09. The second-order valence-electron chi connectivity index (χ2n) is 6.39. The van der Waals surface area contributed by atoms with Gasteiger partial charge in [-0.15, -0.1) is 0 Å². The van der Waals surface area contributed by atoms with E-state index >= 15 is 0 Å². The third kappa shape index (κ3) is 5.69. The number of anilines is 1. The topological polar surface area (TPSA) is 58.2 Å². The number of hydrogen-bond acceptors (Lipinski definition) is 2. The lowest BCUT2D eigenvalue weighted by molar-refractivity contribution is -0.115. The van der Waals surface area contributed by atoms with E-state index in [9.17, 15) is 9.59 Å². The van der Waals surface area contributed by atoms with E-state index in [1.54, 1.807) is 42.5 Å². The number of halogens is 1. The Morgan fingerprint density at radius 3 is 2.32 bits per heavy atom. The van der Waals surface area contributed by atoms with Crippen LogP contribution < -0.4 is 10.6 Å². The van der Waals surface area contributed by atoms with Gasteiger partial charge in [0, 0.05) is 11.6 Å². The van der Waals surface area contributed by atoms with Crippen molar-refractivity contribution in [1.82, 2.24) is 5.32 Å². The highest BCUT2D eigenvalue weighted by Gasteiger charge is 2.13. The van der Waals surface area contributed by atoms with Gasteiger partial charge in [-0.3, -0.25) is 9.59 Å². The van der Waals surface area contributed by atoms with Gasteiger partial charge in [-0.1, -0.05) is 66.2 Å². The molecule has 0 aliphatic carbocycles. The minimum atomic E-state index is -0.213. The standard InChI is InChI=1S/C23H21ClN2O2/c24-19-10-6-9-18(15-19)16-22(27)26-21-12-5-4-11-20(21)23(28)25-14-13-17-7-2-1-3-8-17/h1-12,15H,13-14,16H2,(H,25,28)(H,26,27). The predicted molar refractivity (Wildman–Crippen MR) is 113 cm³/mol. The van der Waals surface area contributed by atoms with E-state index in [0.29, 0.717) is 22.8 Å². The smallest absolute Gasteiger partial charge is 0.253 e. The summed E-state index contributed by atoms with van der Waals surface area (Å²) in [6.45, 7) is 0.521. The van der Waals surface area contributed by atoms with E-state index in [1.165, 1.54) is 0 Å². The molecule has 0 bridgehead atoms. The zero-order chi connectivity index (χ0) is 19.8. The fourth-order valence-electron chi connectivity index (χ4n) is 2.88. The quantitative estimate of drug-likeness (QED) is 0.622. The largest absolute Gasteiger partial charge is 0.352 e. The van der Waals surface area contributed by atoms with Gasteiger partial charge >= 0.3 is 0 Å². The molecule has 0 radical (unpaired) electrons. The van der Waals surface area contributed by atoms with Crippen LogP contribution in [0, 0.1) is 0 Å². The number of para-hydroxylation sites is 1. The lowest BCUT2D eigenvalue weighted by Crippen LogP contribution is -2.27. The van der Waals surface area contributed by atoms with Gasteiger partial charge in [-0.2, -0.15) is 0 Å². The van der Waals surface area contributed by atoms with E-state index < -0.39 is 0 Å². The Kier molecular flexibility index (Phi) is 6.82. The average molecular weight is 393 g/mol. The maximum atomic E-state index is 12.6. The molecule has 0 unspecified atom stereocenters. The van der Waals surface area contributed by atoms with Crippen LogP contribution in [-0.4, -0.2) is 18.4 Å². The van der Waals surface area contributed by atoms with E-state index in [4.69, 9.17) is 11.6 Å². The minimum Gasteiger partial charge on any atom is -0.352 e. The fraction of sp³-hybridized carbons (Fsp3) is 0.130. The van der Waals surface area contributed by atoms with Crippen molar-refractivity contribution in [1.29, 1.82) is 0 Å². The molecule has 5 heteroatoms. The van der Waals surface area contributed by atoms with Crippen molar-refractivity contribution in [2.75, 3.05) is 11.9 Å². The van der Waals surface area contributed by atoms with Crippen molar-refractivity contribution < 1.29 is 9.59 Å². The summed E-state index contributed by atoms with van der Waals surface area (Å²) in [6.07, 6.45) is 0.931. The van der Waals surface area contributed by atoms with Gasteiger partial charge in [0.2, 0.25) is 5.91 Å². The molecule has 0 aromatic heterocycles. The Balaban J connectivity index is 1.60. The van der Waals surface area contributed by atoms with Crippen LogP contribution in [-0.2, 0) is 17.6 Å². The van der Waals surface area contributed by atoms with E-state index in [-0.39, 0.29) is 18.2 Å². The molecule has 0 aliphatic rings. The summed E-state index contributed by atoms with van der Waals surface area (Å²) in [5, 5.41) is 6.32. The monoisotopic (exact) mass is 392 g/mol. The first kappa shape index (κ1) is 19.6. The summed E-state index contributed by atoms with van der Waals surface area (Å²) in [4.78, 5) is 24.9. The van der Waals surface area contributed by atoms with Gasteiger partial charge in [0.25, 0.3) is 5.91 Å². The van der Waals surface area contributed by atoms with Gasteiger partial charge in [0.1, 0.15) is 0 Å². The SMILES string of the molecule is O=C(Cc1cccc(Cl)c1)Nc1ccccc1C(=O)NCCc1ccccc1. The van der Waals surface area contributed by atoms with Crippen molar-refractivity contribution in [2.45, 2.75) is 12.8 Å². The summed E-state index contributed by atoms with van der Waals surface area (Å²) in [5.41, 5.74) is 2.91. The number of amides is 2. The predicted octanol–water partition coefficient (Wildman–Crippen LogP) is 4.49. The van der Waals surface area contributed by atoms with Crippen LogP contribution in [0.3, 0.4) is 0 Å². The van der Waals surface area contributed by atoms with Gasteiger partial charge in [0.05, 0.1) is 17.7 Å². The average Bonchev–Trinajstić information content (AvgIpc) is 2.69. The second kappa shape index (κ2) is 9.72. The van der Waals surface area contributed by atoms with E-state index in [1.807, 2.05) is 36.4 Å². The van der Waals surface area contributed by atoms with Crippen molar-refractivity contribution in [2.24, 2.45) is 0 Å². The molecule has 2 amide bonds. The number of rotatable bonds is 7. The maximum absolute atomic E-state index is 12.6. The van der Waals surface area contributed by atoms with Crippen LogP contribution in [0.15, 0.2) is 78.9 Å². The van der Waals surface area contributed by atoms with Crippen LogP contribution in [0.1, 0.15) is 21.5 Å². The van der Waals surface area contributed by atoms with Crippen LogP contribution in [0.25, 0.3) is 0 Å². The van der Waals surface area contributed by atoms with Crippen LogP contribution in [0.2, 0.25) is 5.02 Å². The molecule has 3 aromatic carbocycles. The van der Waals surface area contributed by atoms with Crippen LogP contribution in [0.4, 0.5) is 5.69 Å². The highest BCUT2D eigenvalue weighted by atomic mass is 35.5. The van der Waals surface area contributed by atoms with E-state index in [2.05, 4.69) is 10.6 Å². The highest BCUT2D eigenvalue weighted by molar-refractivity contribution is 6.30. The van der Waals surface area contributed by atoms with Gasteiger partial charge in [0.15, 0.2) is 0 Å². The van der Waals surface area contributed by atoms with Gasteiger partial charge < -0.3 is 10.6 Å². The molecule has 3 rings (SSSR count).